The molecule has 3 aromatic carbocycles. The first kappa shape index (κ1) is 31.5. The molecule has 1 N–H and O–H groups in total. The number of hydrogen-bond acceptors (Lipinski definition) is 7. The molecule has 3 amide bonds. The number of carbonyl (C=O) groups is 3. The number of halogens is 2. The van der Waals surface area contributed by atoms with Crippen molar-refractivity contribution in [2.24, 2.45) is 0 Å². The van der Waals surface area contributed by atoms with E-state index in [0.29, 0.717) is 32.7 Å². The second-order valence-electron chi connectivity index (χ2n) is 9.75. The minimum Gasteiger partial charge on any atom is -0.493 e. The Kier molecular flexibility index (Phi) is 10.6. The number of anilines is 1. The first-order valence-corrected chi connectivity index (χ1v) is 15.1. The zero-order valence-corrected chi connectivity index (χ0v) is 26.7. The summed E-state index contributed by atoms with van der Waals surface area (Å²) in [5, 5.41) is 2.84. The van der Waals surface area contributed by atoms with Crippen LogP contribution < -0.4 is 19.5 Å². The maximum Gasteiger partial charge on any atom is 0.293 e. The lowest BCUT2D eigenvalue weighted by Gasteiger charge is -2.17. The second kappa shape index (κ2) is 14.1. The van der Waals surface area contributed by atoms with Gasteiger partial charge in [0.2, 0.25) is 0 Å². The van der Waals surface area contributed by atoms with Gasteiger partial charge < -0.3 is 19.5 Å². The van der Waals surface area contributed by atoms with Crippen LogP contribution in [-0.2, 0) is 9.59 Å². The van der Waals surface area contributed by atoms with Crippen LogP contribution in [0.5, 0.6) is 17.2 Å². The quantitative estimate of drug-likeness (QED) is 0.209. The number of nitrogens with zero attached hydrogens (tertiary/aromatic N) is 1. The zero-order chi connectivity index (χ0) is 30.4. The molecule has 1 aliphatic heterocycles. The molecule has 3 aromatic rings. The Balaban J connectivity index is 1.36. The van der Waals surface area contributed by atoms with Gasteiger partial charge in [-0.1, -0.05) is 43.6 Å². The molecule has 0 spiro atoms. The van der Waals surface area contributed by atoms with Gasteiger partial charge >= 0.3 is 0 Å². The largest absolute Gasteiger partial charge is 0.493 e. The number of benzene rings is 3. The lowest BCUT2D eigenvalue weighted by atomic mass is 10.0. The van der Waals surface area contributed by atoms with Crippen molar-refractivity contribution in [3.05, 3.63) is 85.7 Å². The third-order valence-corrected chi connectivity index (χ3v) is 8.42. The van der Waals surface area contributed by atoms with E-state index in [4.69, 9.17) is 25.8 Å². The third kappa shape index (κ3) is 7.87. The standard InChI is InChI=1S/C31H30BrClN2O6S/c1-18(2)22-8-5-19(3)13-26(22)40-12-11-35-30(37)28(42-31(35)38)15-20-6-10-25(27(14-20)39-4)41-17-29(36)34-21-7-9-23(32)24(33)16-21/h5-10,13-16,18H,11-12,17H2,1-4H3,(H,34,36)/b28-15-. The number of carbonyl (C=O) groups excluding carboxylic acids is 3. The smallest absolute Gasteiger partial charge is 0.293 e. The van der Waals surface area contributed by atoms with Crippen LogP contribution in [0.25, 0.3) is 6.08 Å². The van der Waals surface area contributed by atoms with Crippen molar-refractivity contribution in [2.75, 3.05) is 32.2 Å². The molecule has 1 fully saturated rings. The average molecular weight is 674 g/mol. The minimum atomic E-state index is -0.383. The van der Waals surface area contributed by atoms with E-state index in [1.165, 1.54) is 12.0 Å². The molecule has 11 heteroatoms. The molecule has 0 bridgehead atoms. The first-order chi connectivity index (χ1) is 20.0. The summed E-state index contributed by atoms with van der Waals surface area (Å²) in [6.45, 7) is 6.24. The summed E-state index contributed by atoms with van der Waals surface area (Å²) in [5.41, 5.74) is 3.32. The highest BCUT2D eigenvalue weighted by Gasteiger charge is 2.35. The van der Waals surface area contributed by atoms with Crippen molar-refractivity contribution in [3.8, 4) is 17.2 Å². The maximum atomic E-state index is 13.0. The SMILES string of the molecule is COc1cc(/C=C2\SC(=O)N(CCOc3cc(C)ccc3C(C)C)C2=O)ccc1OCC(=O)Nc1ccc(Br)c(Cl)c1. The summed E-state index contributed by atoms with van der Waals surface area (Å²) >= 11 is 10.3. The predicted octanol–water partition coefficient (Wildman–Crippen LogP) is 7.68. The maximum absolute atomic E-state index is 13.0. The Hall–Kier alpha value is -3.47. The summed E-state index contributed by atoms with van der Waals surface area (Å²) in [6, 6.07) is 16.1. The number of hydrogen-bond donors (Lipinski definition) is 1. The molecule has 0 aromatic heterocycles. The van der Waals surface area contributed by atoms with Gasteiger partial charge in [0.1, 0.15) is 12.4 Å². The number of imide groups is 1. The molecule has 4 rings (SSSR count). The average Bonchev–Trinajstić information content (AvgIpc) is 3.21. The minimum absolute atomic E-state index is 0.137. The van der Waals surface area contributed by atoms with Gasteiger partial charge in [0.25, 0.3) is 17.1 Å². The van der Waals surface area contributed by atoms with Crippen LogP contribution in [-0.4, -0.2) is 48.8 Å². The van der Waals surface area contributed by atoms with Gasteiger partial charge in [-0.2, -0.15) is 0 Å². The van der Waals surface area contributed by atoms with E-state index in [0.717, 1.165) is 33.1 Å². The van der Waals surface area contributed by atoms with Gasteiger partial charge in [-0.3, -0.25) is 19.3 Å². The number of methoxy groups -OCH3 is 1. The fourth-order valence-electron chi connectivity index (χ4n) is 4.14. The molecular formula is C31H30BrClN2O6S. The second-order valence-corrected chi connectivity index (χ2v) is 12.0. The van der Waals surface area contributed by atoms with Crippen molar-refractivity contribution in [1.29, 1.82) is 0 Å². The van der Waals surface area contributed by atoms with Crippen LogP contribution in [0.1, 0.15) is 36.5 Å². The predicted molar refractivity (Wildman–Crippen MR) is 170 cm³/mol. The van der Waals surface area contributed by atoms with E-state index < -0.39 is 0 Å². The van der Waals surface area contributed by atoms with Crippen molar-refractivity contribution >= 4 is 68.1 Å². The number of thioether (sulfide) groups is 1. The molecule has 0 radical (unpaired) electrons. The van der Waals surface area contributed by atoms with E-state index in [1.54, 1.807) is 42.5 Å². The molecule has 1 aliphatic rings. The van der Waals surface area contributed by atoms with Crippen LogP contribution in [0.2, 0.25) is 5.02 Å². The molecule has 1 saturated heterocycles. The van der Waals surface area contributed by atoms with E-state index in [1.807, 2.05) is 25.1 Å². The number of ether oxygens (including phenoxy) is 3. The summed E-state index contributed by atoms with van der Waals surface area (Å²) in [6.07, 6.45) is 1.62. The number of rotatable bonds is 11. The molecule has 0 atom stereocenters. The van der Waals surface area contributed by atoms with E-state index in [2.05, 4.69) is 35.1 Å². The Labute approximate surface area is 262 Å². The van der Waals surface area contributed by atoms with Crippen LogP contribution in [0.4, 0.5) is 10.5 Å². The molecule has 42 heavy (non-hydrogen) atoms. The van der Waals surface area contributed by atoms with Gasteiger partial charge in [0.05, 0.1) is 23.6 Å². The lowest BCUT2D eigenvalue weighted by molar-refractivity contribution is -0.123. The summed E-state index contributed by atoms with van der Waals surface area (Å²) < 4.78 is 17.8. The summed E-state index contributed by atoms with van der Waals surface area (Å²) in [7, 11) is 1.47. The monoisotopic (exact) mass is 672 g/mol. The fourth-order valence-corrected chi connectivity index (χ4v) is 5.43. The molecule has 0 unspecified atom stereocenters. The van der Waals surface area contributed by atoms with Gasteiger partial charge in [-0.25, -0.2) is 0 Å². The molecule has 1 heterocycles. The molecular weight excluding hydrogens is 644 g/mol. The van der Waals surface area contributed by atoms with Crippen LogP contribution in [0.15, 0.2) is 64.0 Å². The zero-order valence-electron chi connectivity index (χ0n) is 23.5. The highest BCUT2D eigenvalue weighted by molar-refractivity contribution is 9.10. The van der Waals surface area contributed by atoms with Crippen molar-refractivity contribution in [2.45, 2.75) is 26.7 Å². The van der Waals surface area contributed by atoms with E-state index >= 15 is 0 Å². The van der Waals surface area contributed by atoms with Gasteiger partial charge in [0, 0.05) is 10.2 Å². The number of amides is 3. The van der Waals surface area contributed by atoms with E-state index in [-0.39, 0.29) is 42.7 Å². The number of nitrogens with one attached hydrogen (secondary N) is 1. The van der Waals surface area contributed by atoms with Crippen LogP contribution in [0.3, 0.4) is 0 Å². The summed E-state index contributed by atoms with van der Waals surface area (Å²) in [4.78, 5) is 39.5. The molecule has 8 nitrogen and oxygen atoms in total. The van der Waals surface area contributed by atoms with Gasteiger partial charge in [0.15, 0.2) is 18.1 Å². The summed E-state index contributed by atoms with van der Waals surface area (Å²) in [5.74, 6) is 1.00. The molecule has 220 valence electrons. The van der Waals surface area contributed by atoms with Crippen molar-refractivity contribution < 1.29 is 28.6 Å². The van der Waals surface area contributed by atoms with E-state index in [9.17, 15) is 14.4 Å². The van der Waals surface area contributed by atoms with Crippen LogP contribution >= 0.6 is 39.3 Å². The fraction of sp³-hybridized carbons (Fsp3) is 0.258. The van der Waals surface area contributed by atoms with Crippen molar-refractivity contribution in [3.63, 3.8) is 0 Å². The molecule has 0 aliphatic carbocycles. The lowest BCUT2D eigenvalue weighted by Crippen LogP contribution is -2.32. The van der Waals surface area contributed by atoms with Gasteiger partial charge in [-0.05, 0) is 99.7 Å². The van der Waals surface area contributed by atoms with Crippen molar-refractivity contribution in [1.82, 2.24) is 4.90 Å². The Bertz CT molecular complexity index is 1540. The Morgan fingerprint density at radius 1 is 1.05 bits per heavy atom. The normalized spacial score (nSPS) is 14.1. The Morgan fingerprint density at radius 2 is 1.83 bits per heavy atom. The third-order valence-electron chi connectivity index (χ3n) is 6.28. The Morgan fingerprint density at radius 3 is 2.55 bits per heavy atom. The first-order valence-electron chi connectivity index (χ1n) is 13.1. The van der Waals surface area contributed by atoms with Crippen LogP contribution in [0, 0.1) is 6.92 Å². The highest BCUT2D eigenvalue weighted by atomic mass is 79.9. The topological polar surface area (TPSA) is 94.2 Å². The molecule has 0 saturated carbocycles. The van der Waals surface area contributed by atoms with Gasteiger partial charge in [-0.15, -0.1) is 0 Å². The number of aryl methyl sites for hydroxylation is 1. The highest BCUT2D eigenvalue weighted by Crippen LogP contribution is 2.35.